The fourth-order valence-corrected chi connectivity index (χ4v) is 5.48. The van der Waals surface area contributed by atoms with Gasteiger partial charge < -0.3 is 15.1 Å². The number of piperazine rings is 1. The first-order valence-electron chi connectivity index (χ1n) is 12.4. The number of hydrogen-bond donors (Lipinski definition) is 1. The maximum absolute atomic E-state index is 12.4. The van der Waals surface area contributed by atoms with Crippen molar-refractivity contribution in [1.82, 2.24) is 19.8 Å². The minimum Gasteiger partial charge on any atom is -0.366 e. The van der Waals surface area contributed by atoms with Crippen molar-refractivity contribution in [2.45, 2.75) is 31.1 Å². The van der Waals surface area contributed by atoms with Crippen molar-refractivity contribution in [3.63, 3.8) is 0 Å². The van der Waals surface area contributed by atoms with Crippen molar-refractivity contribution in [3.8, 4) is 17.2 Å². The molecule has 6 rings (SSSR count). The van der Waals surface area contributed by atoms with Gasteiger partial charge in [-0.05, 0) is 62.0 Å². The molecule has 174 valence electrons. The second kappa shape index (κ2) is 8.44. The number of benzene rings is 1. The van der Waals surface area contributed by atoms with Gasteiger partial charge >= 0.3 is 0 Å². The summed E-state index contributed by atoms with van der Waals surface area (Å²) < 4.78 is 1.95. The molecule has 0 unspecified atom stereocenters. The Hall–Kier alpha value is -3.37. The van der Waals surface area contributed by atoms with Gasteiger partial charge in [-0.3, -0.25) is 4.79 Å². The molecule has 3 aliphatic rings. The van der Waals surface area contributed by atoms with E-state index in [4.69, 9.17) is 0 Å². The summed E-state index contributed by atoms with van der Waals surface area (Å²) in [4.78, 5) is 16.8. The van der Waals surface area contributed by atoms with Crippen molar-refractivity contribution in [2.24, 2.45) is 5.92 Å². The molecule has 34 heavy (non-hydrogen) atoms. The average Bonchev–Trinajstić information content (AvgIpc) is 3.66. The molecule has 1 aromatic carbocycles. The highest BCUT2D eigenvalue weighted by molar-refractivity contribution is 5.82. The minimum atomic E-state index is -0.382. The first kappa shape index (κ1) is 21.2. The number of nitrogens with one attached hydrogen (secondary N) is 1. The third-order valence-electron chi connectivity index (χ3n) is 7.79. The monoisotopic (exact) mass is 454 g/mol. The first-order valence-corrected chi connectivity index (χ1v) is 12.4. The molecule has 7 nitrogen and oxygen atoms in total. The van der Waals surface area contributed by atoms with Crippen LogP contribution in [0.1, 0.15) is 31.2 Å². The third kappa shape index (κ3) is 3.72. The second-order valence-electron chi connectivity index (χ2n) is 9.88. The number of nitrogens with zero attached hydrogens (tertiary/aromatic N) is 5. The zero-order valence-electron chi connectivity index (χ0n) is 19.4. The van der Waals surface area contributed by atoms with Crippen molar-refractivity contribution in [3.05, 3.63) is 54.4 Å². The maximum Gasteiger partial charge on any atom is 0.225 e. The lowest BCUT2D eigenvalue weighted by molar-refractivity contribution is -0.132. The van der Waals surface area contributed by atoms with Crippen LogP contribution in [0.3, 0.4) is 0 Å². The number of aromatic nitrogens is 2. The SMILES string of the molecule is N#CC1(c2ccc(-c3cc4c(N5CCN(C(=O)C6CC6)CC5)ccnn4c3)cc2)CCNCC1. The molecule has 3 fully saturated rings. The van der Waals surface area contributed by atoms with Crippen LogP contribution >= 0.6 is 0 Å². The van der Waals surface area contributed by atoms with Gasteiger partial charge in [0.2, 0.25) is 5.91 Å². The maximum atomic E-state index is 12.4. The molecule has 0 radical (unpaired) electrons. The van der Waals surface area contributed by atoms with Crippen LogP contribution in [0.5, 0.6) is 0 Å². The molecule has 0 atom stereocenters. The number of piperidine rings is 1. The largest absolute Gasteiger partial charge is 0.366 e. The van der Waals surface area contributed by atoms with E-state index in [-0.39, 0.29) is 11.3 Å². The molecule has 2 aliphatic heterocycles. The predicted molar refractivity (Wildman–Crippen MR) is 132 cm³/mol. The van der Waals surface area contributed by atoms with Crippen LogP contribution < -0.4 is 10.2 Å². The molecule has 1 saturated carbocycles. The molecule has 0 bridgehead atoms. The average molecular weight is 455 g/mol. The Balaban J connectivity index is 1.23. The van der Waals surface area contributed by atoms with Crippen molar-refractivity contribution in [2.75, 3.05) is 44.2 Å². The number of carbonyl (C=O) groups excluding carboxylic acids is 1. The van der Waals surface area contributed by atoms with Crippen LogP contribution in [-0.2, 0) is 10.2 Å². The van der Waals surface area contributed by atoms with E-state index < -0.39 is 0 Å². The van der Waals surface area contributed by atoms with E-state index in [9.17, 15) is 10.1 Å². The van der Waals surface area contributed by atoms with Gasteiger partial charge in [-0.2, -0.15) is 10.4 Å². The van der Waals surface area contributed by atoms with E-state index in [2.05, 4.69) is 64.0 Å². The van der Waals surface area contributed by atoms with Crippen molar-refractivity contribution < 1.29 is 4.79 Å². The molecule has 4 heterocycles. The Morgan fingerprint density at radius 2 is 1.76 bits per heavy atom. The van der Waals surface area contributed by atoms with Crippen LogP contribution in [0, 0.1) is 17.2 Å². The summed E-state index contributed by atoms with van der Waals surface area (Å²) in [7, 11) is 0. The highest BCUT2D eigenvalue weighted by Gasteiger charge is 2.35. The van der Waals surface area contributed by atoms with Gasteiger partial charge in [0.05, 0.1) is 22.7 Å². The van der Waals surface area contributed by atoms with Gasteiger partial charge in [-0.15, -0.1) is 0 Å². The molecule has 1 N–H and O–H groups in total. The Morgan fingerprint density at radius 3 is 2.44 bits per heavy atom. The Kier molecular flexibility index (Phi) is 5.26. The van der Waals surface area contributed by atoms with Crippen LogP contribution in [0.4, 0.5) is 5.69 Å². The number of amides is 1. The standard InChI is InChI=1S/C27H30N6O/c28-19-27(8-11-29-12-9-27)23-5-3-20(4-6-23)22-17-25-24(7-10-30-33(25)18-22)31-13-15-32(16-14-31)26(34)21-1-2-21/h3-7,10,17-18,21,29H,1-2,8-9,11-16H2. The molecule has 2 saturated heterocycles. The van der Waals surface area contributed by atoms with E-state index in [1.165, 1.54) is 0 Å². The second-order valence-corrected chi connectivity index (χ2v) is 9.88. The number of anilines is 1. The lowest BCUT2D eigenvalue weighted by atomic mass is 9.74. The molecular formula is C27H30N6O. The summed E-state index contributed by atoms with van der Waals surface area (Å²) in [5, 5.41) is 17.8. The summed E-state index contributed by atoms with van der Waals surface area (Å²) in [6.07, 6.45) is 7.76. The zero-order valence-corrected chi connectivity index (χ0v) is 19.4. The molecular weight excluding hydrogens is 424 g/mol. The molecule has 1 amide bonds. The zero-order chi connectivity index (χ0) is 23.1. The van der Waals surface area contributed by atoms with Gasteiger partial charge in [0.15, 0.2) is 0 Å². The molecule has 1 aliphatic carbocycles. The van der Waals surface area contributed by atoms with Gasteiger partial charge in [0, 0.05) is 50.1 Å². The molecule has 3 aromatic rings. The van der Waals surface area contributed by atoms with Crippen LogP contribution in [-0.4, -0.2) is 59.7 Å². The number of carbonyl (C=O) groups is 1. The summed E-state index contributed by atoms with van der Waals surface area (Å²) in [6.45, 7) is 5.04. The summed E-state index contributed by atoms with van der Waals surface area (Å²) in [6, 6.07) is 15.4. The van der Waals surface area contributed by atoms with E-state index in [0.29, 0.717) is 5.91 Å². The number of fused-ring (bicyclic) bond motifs is 1. The summed E-state index contributed by atoms with van der Waals surface area (Å²) >= 11 is 0. The summed E-state index contributed by atoms with van der Waals surface area (Å²) in [5.41, 5.74) is 5.21. The quantitative estimate of drug-likeness (QED) is 0.655. The van der Waals surface area contributed by atoms with E-state index in [1.807, 2.05) is 15.6 Å². The number of rotatable bonds is 4. The van der Waals surface area contributed by atoms with E-state index >= 15 is 0 Å². The molecule has 2 aromatic heterocycles. The van der Waals surface area contributed by atoms with Crippen LogP contribution in [0.2, 0.25) is 0 Å². The third-order valence-corrected chi connectivity index (χ3v) is 7.79. The van der Waals surface area contributed by atoms with E-state index in [0.717, 1.165) is 92.8 Å². The van der Waals surface area contributed by atoms with Gasteiger partial charge in [0.1, 0.15) is 0 Å². The minimum absolute atomic E-state index is 0.288. The Morgan fingerprint density at radius 1 is 1.03 bits per heavy atom. The molecule has 0 spiro atoms. The highest BCUT2D eigenvalue weighted by Crippen LogP contribution is 2.35. The fraction of sp³-hybridized carbons (Fsp3) is 0.444. The van der Waals surface area contributed by atoms with Crippen molar-refractivity contribution >= 4 is 17.1 Å². The number of hydrogen-bond acceptors (Lipinski definition) is 5. The van der Waals surface area contributed by atoms with Crippen LogP contribution in [0.15, 0.2) is 48.8 Å². The normalized spacial score (nSPS) is 20.3. The lowest BCUT2D eigenvalue weighted by Gasteiger charge is -2.36. The highest BCUT2D eigenvalue weighted by atomic mass is 16.2. The Labute approximate surface area is 200 Å². The van der Waals surface area contributed by atoms with Gasteiger partial charge in [0.25, 0.3) is 0 Å². The fourth-order valence-electron chi connectivity index (χ4n) is 5.48. The van der Waals surface area contributed by atoms with E-state index in [1.54, 1.807) is 0 Å². The Bertz CT molecular complexity index is 1240. The van der Waals surface area contributed by atoms with Crippen LogP contribution in [0.25, 0.3) is 16.6 Å². The summed E-state index contributed by atoms with van der Waals surface area (Å²) in [5.74, 6) is 0.632. The number of nitriles is 1. The lowest BCUT2D eigenvalue weighted by Crippen LogP contribution is -2.49. The predicted octanol–water partition coefficient (Wildman–Crippen LogP) is 3.20. The van der Waals surface area contributed by atoms with Gasteiger partial charge in [-0.25, -0.2) is 4.52 Å². The smallest absolute Gasteiger partial charge is 0.225 e. The van der Waals surface area contributed by atoms with Gasteiger partial charge in [-0.1, -0.05) is 24.3 Å². The van der Waals surface area contributed by atoms with Crippen molar-refractivity contribution in [1.29, 1.82) is 5.26 Å². The topological polar surface area (TPSA) is 76.7 Å². The first-order chi connectivity index (χ1) is 16.7. The molecule has 7 heteroatoms.